The van der Waals surface area contributed by atoms with Gasteiger partial charge in [-0.3, -0.25) is 4.79 Å². The maximum absolute atomic E-state index is 11.2. The van der Waals surface area contributed by atoms with Gasteiger partial charge in [0.25, 0.3) is 0 Å². The van der Waals surface area contributed by atoms with Gasteiger partial charge < -0.3 is 15.2 Å². The van der Waals surface area contributed by atoms with Crippen LogP contribution in [0.25, 0.3) is 0 Å². The first-order valence-electron chi connectivity index (χ1n) is 3.92. The Balaban J connectivity index is 3.72. The number of hydrogen-bond donors (Lipinski definition) is 2. The van der Waals surface area contributed by atoms with Crippen LogP contribution in [-0.4, -0.2) is 37.9 Å². The topological polar surface area (TPSA) is 58.6 Å². The molecule has 0 aromatic carbocycles. The minimum absolute atomic E-state index is 0.147. The van der Waals surface area contributed by atoms with E-state index >= 15 is 0 Å². The number of amides is 1. The quantitative estimate of drug-likeness (QED) is 0.567. The number of methoxy groups -OCH3 is 1. The Labute approximate surface area is 72.9 Å². The number of carbonyl (C=O) groups is 1. The van der Waals surface area contributed by atoms with Crippen molar-refractivity contribution in [3.63, 3.8) is 0 Å². The second-order valence-corrected chi connectivity index (χ2v) is 3.29. The van der Waals surface area contributed by atoms with E-state index < -0.39 is 5.41 Å². The highest BCUT2D eigenvalue weighted by Gasteiger charge is 2.25. The first-order chi connectivity index (χ1) is 5.54. The number of rotatable bonds is 5. The largest absolute Gasteiger partial charge is 0.395 e. The van der Waals surface area contributed by atoms with E-state index in [-0.39, 0.29) is 12.5 Å². The summed E-state index contributed by atoms with van der Waals surface area (Å²) < 4.78 is 4.76. The Morgan fingerprint density at radius 3 is 2.58 bits per heavy atom. The number of aliphatic hydroxyl groups is 1. The summed E-state index contributed by atoms with van der Waals surface area (Å²) in [6.07, 6.45) is 0. The van der Waals surface area contributed by atoms with E-state index in [9.17, 15) is 4.79 Å². The van der Waals surface area contributed by atoms with Crippen LogP contribution in [0.2, 0.25) is 0 Å². The summed E-state index contributed by atoms with van der Waals surface area (Å²) in [4.78, 5) is 11.2. The smallest absolute Gasteiger partial charge is 0.228 e. The molecule has 0 saturated carbocycles. The molecule has 0 heterocycles. The van der Waals surface area contributed by atoms with Gasteiger partial charge in [0.05, 0.1) is 18.6 Å². The average Bonchev–Trinajstić information content (AvgIpc) is 2.05. The van der Waals surface area contributed by atoms with Gasteiger partial charge in [-0.1, -0.05) is 0 Å². The highest BCUT2D eigenvalue weighted by atomic mass is 16.5. The van der Waals surface area contributed by atoms with Gasteiger partial charge in [-0.15, -0.1) is 0 Å². The first-order valence-corrected chi connectivity index (χ1v) is 3.92. The number of carbonyl (C=O) groups excluding carboxylic acids is 1. The summed E-state index contributed by atoms with van der Waals surface area (Å²) in [6, 6.07) is 0. The second-order valence-electron chi connectivity index (χ2n) is 3.29. The molecule has 0 radical (unpaired) electrons. The van der Waals surface area contributed by atoms with Crippen molar-refractivity contribution in [2.75, 3.05) is 26.9 Å². The molecule has 0 aromatic rings. The van der Waals surface area contributed by atoms with Gasteiger partial charge in [0, 0.05) is 13.7 Å². The van der Waals surface area contributed by atoms with Gasteiger partial charge in [-0.05, 0) is 13.8 Å². The van der Waals surface area contributed by atoms with Crippen LogP contribution in [0.1, 0.15) is 13.8 Å². The van der Waals surface area contributed by atoms with Gasteiger partial charge in [0.2, 0.25) is 5.91 Å². The Morgan fingerprint density at radius 1 is 1.58 bits per heavy atom. The van der Waals surface area contributed by atoms with Gasteiger partial charge in [0.15, 0.2) is 0 Å². The predicted octanol–water partition coefficient (Wildman–Crippen LogP) is -0.233. The number of hydrogen-bond acceptors (Lipinski definition) is 3. The van der Waals surface area contributed by atoms with Crippen LogP contribution in [0.3, 0.4) is 0 Å². The fourth-order valence-electron chi connectivity index (χ4n) is 0.578. The van der Waals surface area contributed by atoms with Crippen LogP contribution < -0.4 is 5.32 Å². The molecule has 0 bridgehead atoms. The molecule has 0 atom stereocenters. The molecule has 4 nitrogen and oxygen atoms in total. The normalized spacial score (nSPS) is 11.3. The van der Waals surface area contributed by atoms with Gasteiger partial charge in [0.1, 0.15) is 0 Å². The lowest BCUT2D eigenvalue weighted by Crippen LogP contribution is -2.40. The Kier molecular flexibility index (Phi) is 4.85. The molecule has 0 spiro atoms. The van der Waals surface area contributed by atoms with Crippen LogP contribution in [0.4, 0.5) is 0 Å². The molecule has 1 amide bonds. The van der Waals surface area contributed by atoms with E-state index in [1.54, 1.807) is 21.0 Å². The van der Waals surface area contributed by atoms with E-state index in [1.807, 2.05) is 0 Å². The van der Waals surface area contributed by atoms with Gasteiger partial charge in [-0.2, -0.15) is 0 Å². The van der Waals surface area contributed by atoms with Crippen molar-refractivity contribution >= 4 is 5.91 Å². The van der Waals surface area contributed by atoms with E-state index in [2.05, 4.69) is 5.32 Å². The van der Waals surface area contributed by atoms with Crippen molar-refractivity contribution in [3.8, 4) is 0 Å². The zero-order chi connectivity index (χ0) is 9.61. The monoisotopic (exact) mass is 175 g/mol. The van der Waals surface area contributed by atoms with E-state index in [0.717, 1.165) is 0 Å². The predicted molar refractivity (Wildman–Crippen MR) is 45.8 cm³/mol. The minimum atomic E-state index is -0.701. The van der Waals surface area contributed by atoms with Crippen molar-refractivity contribution in [2.24, 2.45) is 5.41 Å². The molecule has 0 aliphatic rings. The lowest BCUT2D eigenvalue weighted by molar-refractivity contribution is -0.131. The van der Waals surface area contributed by atoms with Crippen molar-refractivity contribution in [1.29, 1.82) is 0 Å². The van der Waals surface area contributed by atoms with Crippen molar-refractivity contribution in [3.05, 3.63) is 0 Å². The zero-order valence-electron chi connectivity index (χ0n) is 7.89. The number of aliphatic hydroxyl groups excluding tert-OH is 1. The van der Waals surface area contributed by atoms with Gasteiger partial charge >= 0.3 is 0 Å². The molecule has 12 heavy (non-hydrogen) atoms. The lowest BCUT2D eigenvalue weighted by Gasteiger charge is -2.20. The van der Waals surface area contributed by atoms with Crippen LogP contribution >= 0.6 is 0 Å². The molecular formula is C8H17NO3. The lowest BCUT2D eigenvalue weighted by atomic mass is 9.94. The van der Waals surface area contributed by atoms with Crippen molar-refractivity contribution in [1.82, 2.24) is 5.32 Å². The van der Waals surface area contributed by atoms with Gasteiger partial charge in [-0.25, -0.2) is 0 Å². The van der Waals surface area contributed by atoms with Crippen LogP contribution in [0, 0.1) is 5.41 Å². The molecule has 0 aromatic heterocycles. The number of nitrogens with one attached hydrogen (secondary N) is 1. The third kappa shape index (κ3) is 3.69. The summed E-state index contributed by atoms with van der Waals surface area (Å²) in [6.45, 7) is 4.21. The summed E-state index contributed by atoms with van der Waals surface area (Å²) in [5.74, 6) is -0.151. The van der Waals surface area contributed by atoms with Crippen molar-refractivity contribution < 1.29 is 14.6 Å². The standard InChI is InChI=1S/C8H17NO3/c1-8(2,6-10)7(11)9-4-5-12-3/h10H,4-6H2,1-3H3,(H,9,11). The molecule has 0 unspecified atom stereocenters. The highest BCUT2D eigenvalue weighted by molar-refractivity contribution is 5.81. The molecular weight excluding hydrogens is 158 g/mol. The van der Waals surface area contributed by atoms with Crippen LogP contribution in [0.15, 0.2) is 0 Å². The number of ether oxygens (including phenoxy) is 1. The van der Waals surface area contributed by atoms with E-state index in [1.165, 1.54) is 0 Å². The molecule has 0 fully saturated rings. The highest BCUT2D eigenvalue weighted by Crippen LogP contribution is 2.12. The summed E-state index contributed by atoms with van der Waals surface area (Å²) in [5, 5.41) is 11.5. The Morgan fingerprint density at radius 2 is 2.17 bits per heavy atom. The Bertz CT molecular complexity index is 145. The molecule has 4 heteroatoms. The molecule has 72 valence electrons. The molecule has 2 N–H and O–H groups in total. The maximum atomic E-state index is 11.2. The molecule has 0 aliphatic heterocycles. The minimum Gasteiger partial charge on any atom is -0.395 e. The van der Waals surface area contributed by atoms with Crippen LogP contribution in [0.5, 0.6) is 0 Å². The van der Waals surface area contributed by atoms with E-state index in [4.69, 9.17) is 9.84 Å². The summed E-state index contributed by atoms with van der Waals surface area (Å²) >= 11 is 0. The summed E-state index contributed by atoms with van der Waals surface area (Å²) in [5.41, 5.74) is -0.701. The molecule has 0 aliphatic carbocycles. The zero-order valence-corrected chi connectivity index (χ0v) is 7.89. The third-order valence-corrected chi connectivity index (χ3v) is 1.60. The third-order valence-electron chi connectivity index (χ3n) is 1.60. The first kappa shape index (κ1) is 11.4. The summed E-state index contributed by atoms with van der Waals surface area (Å²) in [7, 11) is 1.57. The SMILES string of the molecule is COCCNC(=O)C(C)(C)CO. The van der Waals surface area contributed by atoms with Crippen LogP contribution in [-0.2, 0) is 9.53 Å². The molecule has 0 saturated heterocycles. The average molecular weight is 175 g/mol. The fraction of sp³-hybridized carbons (Fsp3) is 0.875. The van der Waals surface area contributed by atoms with Crippen molar-refractivity contribution in [2.45, 2.75) is 13.8 Å². The Hall–Kier alpha value is -0.610. The second kappa shape index (κ2) is 5.11. The molecule has 0 rings (SSSR count). The maximum Gasteiger partial charge on any atom is 0.228 e. The van der Waals surface area contributed by atoms with E-state index in [0.29, 0.717) is 13.2 Å². The fourth-order valence-corrected chi connectivity index (χ4v) is 0.578.